The average molecular weight is 180 g/mol. The van der Waals surface area contributed by atoms with E-state index in [2.05, 4.69) is 5.43 Å². The van der Waals surface area contributed by atoms with E-state index in [1.165, 1.54) is 24.6 Å². The van der Waals surface area contributed by atoms with Crippen LogP contribution in [0.5, 0.6) is 0 Å². The van der Waals surface area contributed by atoms with E-state index in [4.69, 9.17) is 0 Å². The highest BCUT2D eigenvalue weighted by Gasteiger charge is 2.10. The molecule has 0 heterocycles. The lowest BCUT2D eigenvalue weighted by Gasteiger charge is -2.02. The average Bonchev–Trinajstić information content (AvgIpc) is 2.15. The molecule has 6 heteroatoms. The van der Waals surface area contributed by atoms with Gasteiger partial charge in [-0.3, -0.25) is 25.8 Å². The fraction of sp³-hybridized carbons (Fsp3) is 0. The van der Waals surface area contributed by atoms with Gasteiger partial charge in [-0.2, -0.15) is 0 Å². The van der Waals surface area contributed by atoms with Crippen LogP contribution in [0.25, 0.3) is 0 Å². The van der Waals surface area contributed by atoms with Crippen LogP contribution in [0.2, 0.25) is 0 Å². The lowest BCUT2D eigenvalue weighted by Crippen LogP contribution is -2.19. The van der Waals surface area contributed by atoms with E-state index < -0.39 is 4.92 Å². The molecule has 0 aliphatic heterocycles. The van der Waals surface area contributed by atoms with Crippen molar-refractivity contribution in [1.82, 2.24) is 5.43 Å². The molecule has 0 aliphatic carbocycles. The maximum atomic E-state index is 10.4. The predicted molar refractivity (Wildman–Crippen MR) is 45.5 cm³/mol. The summed E-state index contributed by atoms with van der Waals surface area (Å²) in [5.41, 5.74) is 4.44. The molecule has 0 fully saturated rings. The largest absolute Gasteiger partial charge is 0.329 e. The molecule has 1 radical (unpaired) electrons. The van der Waals surface area contributed by atoms with Gasteiger partial charge >= 0.3 is 6.41 Å². The van der Waals surface area contributed by atoms with Crippen LogP contribution in [0.15, 0.2) is 24.3 Å². The Morgan fingerprint density at radius 2 is 2.08 bits per heavy atom. The minimum absolute atomic E-state index is 0.106. The lowest BCUT2D eigenvalue weighted by molar-refractivity contribution is -0.384. The summed E-state index contributed by atoms with van der Waals surface area (Å²) in [6, 6.07) is 5.95. The van der Waals surface area contributed by atoms with Gasteiger partial charge in [0.2, 0.25) is 0 Å². The van der Waals surface area contributed by atoms with Crippen LogP contribution < -0.4 is 10.9 Å². The second-order valence-electron chi connectivity index (χ2n) is 2.13. The molecular weight excluding hydrogens is 174 g/mol. The van der Waals surface area contributed by atoms with E-state index >= 15 is 0 Å². The number of para-hydroxylation sites is 2. The number of hydrogen-bond donors (Lipinski definition) is 2. The van der Waals surface area contributed by atoms with Crippen LogP contribution in [-0.4, -0.2) is 11.3 Å². The normalized spacial score (nSPS) is 8.92. The summed E-state index contributed by atoms with van der Waals surface area (Å²) >= 11 is 0. The molecule has 0 unspecified atom stereocenters. The molecule has 1 aromatic rings. The lowest BCUT2D eigenvalue weighted by atomic mass is 10.3. The van der Waals surface area contributed by atoms with Gasteiger partial charge in [0, 0.05) is 6.07 Å². The summed E-state index contributed by atoms with van der Waals surface area (Å²) in [6.45, 7) is 0. The Hall–Kier alpha value is -2.11. The van der Waals surface area contributed by atoms with Crippen molar-refractivity contribution in [1.29, 1.82) is 0 Å². The van der Waals surface area contributed by atoms with Crippen molar-refractivity contribution in [2.24, 2.45) is 0 Å². The first kappa shape index (κ1) is 8.98. The number of benzene rings is 1. The zero-order valence-corrected chi connectivity index (χ0v) is 6.48. The Kier molecular flexibility index (Phi) is 2.80. The SMILES string of the molecule is O=[C]NNc1ccccc1[N+](=O)[O-]. The van der Waals surface area contributed by atoms with Crippen molar-refractivity contribution in [3.05, 3.63) is 34.4 Å². The van der Waals surface area contributed by atoms with E-state index in [0.717, 1.165) is 0 Å². The highest BCUT2D eigenvalue weighted by molar-refractivity contribution is 5.63. The van der Waals surface area contributed by atoms with Gasteiger partial charge in [0.15, 0.2) is 0 Å². The Morgan fingerprint density at radius 1 is 1.38 bits per heavy atom. The number of nitro benzene ring substituents is 1. The topological polar surface area (TPSA) is 84.3 Å². The summed E-state index contributed by atoms with van der Waals surface area (Å²) in [6.07, 6.45) is 1.35. The monoisotopic (exact) mass is 180 g/mol. The first-order chi connectivity index (χ1) is 6.25. The summed E-state index contributed by atoms with van der Waals surface area (Å²) in [7, 11) is 0. The highest BCUT2D eigenvalue weighted by atomic mass is 16.6. The Balaban J connectivity index is 2.90. The van der Waals surface area contributed by atoms with E-state index in [1.807, 2.05) is 5.43 Å². The molecule has 1 amide bonds. The van der Waals surface area contributed by atoms with E-state index in [0.29, 0.717) is 0 Å². The molecule has 6 nitrogen and oxygen atoms in total. The molecule has 0 spiro atoms. The molecule has 1 aromatic carbocycles. The standard InChI is InChI=1S/C7H6N3O3/c11-5-8-9-6-3-1-2-4-7(6)10(12)13/h1-4,9H,(H,8,11). The maximum Gasteiger partial charge on any atom is 0.329 e. The molecule has 0 atom stereocenters. The van der Waals surface area contributed by atoms with Gasteiger partial charge in [0.1, 0.15) is 5.69 Å². The number of nitrogens with zero attached hydrogens (tertiary/aromatic N) is 1. The van der Waals surface area contributed by atoms with Crippen LogP contribution in [0, 0.1) is 10.1 Å². The van der Waals surface area contributed by atoms with E-state index in [1.54, 1.807) is 6.07 Å². The summed E-state index contributed by atoms with van der Waals surface area (Å²) in [4.78, 5) is 19.7. The van der Waals surface area contributed by atoms with Crippen molar-refractivity contribution in [3.63, 3.8) is 0 Å². The van der Waals surface area contributed by atoms with Gasteiger partial charge < -0.3 is 0 Å². The highest BCUT2D eigenvalue weighted by Crippen LogP contribution is 2.21. The zero-order valence-electron chi connectivity index (χ0n) is 6.48. The van der Waals surface area contributed by atoms with Crippen molar-refractivity contribution in [3.8, 4) is 0 Å². The fourth-order valence-electron chi connectivity index (χ4n) is 0.831. The van der Waals surface area contributed by atoms with Gasteiger partial charge in [-0.25, -0.2) is 0 Å². The number of anilines is 1. The van der Waals surface area contributed by atoms with Crippen LogP contribution in [-0.2, 0) is 4.79 Å². The molecule has 1 rings (SSSR count). The molecule has 13 heavy (non-hydrogen) atoms. The van der Waals surface area contributed by atoms with Crippen molar-refractivity contribution >= 4 is 17.8 Å². The number of carbonyl (C=O) groups excluding carboxylic acids is 1. The molecule has 67 valence electrons. The maximum absolute atomic E-state index is 10.4. The third-order valence-corrected chi connectivity index (χ3v) is 1.35. The Bertz CT molecular complexity index is 327. The number of amides is 1. The van der Waals surface area contributed by atoms with Gasteiger partial charge in [-0.15, -0.1) is 0 Å². The van der Waals surface area contributed by atoms with E-state index in [-0.39, 0.29) is 11.4 Å². The van der Waals surface area contributed by atoms with Crippen molar-refractivity contribution in [2.45, 2.75) is 0 Å². The first-order valence-electron chi connectivity index (χ1n) is 3.37. The van der Waals surface area contributed by atoms with Gasteiger partial charge in [0.05, 0.1) is 4.92 Å². The fourth-order valence-corrected chi connectivity index (χ4v) is 0.831. The Labute approximate surface area is 73.7 Å². The molecule has 0 saturated heterocycles. The summed E-state index contributed by atoms with van der Waals surface area (Å²) in [5, 5.41) is 10.4. The molecule has 0 bridgehead atoms. The summed E-state index contributed by atoms with van der Waals surface area (Å²) < 4.78 is 0. The minimum atomic E-state index is -0.547. The third-order valence-electron chi connectivity index (χ3n) is 1.35. The van der Waals surface area contributed by atoms with Crippen molar-refractivity contribution in [2.75, 3.05) is 5.43 Å². The van der Waals surface area contributed by atoms with Crippen LogP contribution >= 0.6 is 0 Å². The van der Waals surface area contributed by atoms with Gasteiger partial charge in [-0.05, 0) is 6.07 Å². The quantitative estimate of drug-likeness (QED) is 0.403. The Morgan fingerprint density at radius 3 is 2.69 bits per heavy atom. The van der Waals surface area contributed by atoms with Crippen molar-refractivity contribution < 1.29 is 9.72 Å². The molecule has 2 N–H and O–H groups in total. The minimum Gasteiger partial charge on any atom is -0.292 e. The molecule has 0 aliphatic rings. The first-order valence-corrected chi connectivity index (χ1v) is 3.37. The number of nitro groups is 1. The number of hydrogen-bond acceptors (Lipinski definition) is 4. The smallest absolute Gasteiger partial charge is 0.292 e. The predicted octanol–water partition coefficient (Wildman–Crippen LogP) is 0.578. The summed E-state index contributed by atoms with van der Waals surface area (Å²) in [5.74, 6) is 0. The molecule has 0 saturated carbocycles. The van der Waals surface area contributed by atoms with E-state index in [9.17, 15) is 14.9 Å². The van der Waals surface area contributed by atoms with Gasteiger partial charge in [0.25, 0.3) is 5.69 Å². The molecular formula is C7H6N3O3. The van der Waals surface area contributed by atoms with Gasteiger partial charge in [-0.1, -0.05) is 12.1 Å². The number of hydrazine groups is 1. The van der Waals surface area contributed by atoms with Crippen LogP contribution in [0.4, 0.5) is 11.4 Å². The third kappa shape index (κ3) is 2.16. The zero-order chi connectivity index (χ0) is 9.68. The molecule has 0 aromatic heterocycles. The number of nitrogens with one attached hydrogen (secondary N) is 2. The van der Waals surface area contributed by atoms with Crippen LogP contribution in [0.1, 0.15) is 0 Å². The number of rotatable bonds is 4. The van der Waals surface area contributed by atoms with Crippen LogP contribution in [0.3, 0.4) is 0 Å². The second kappa shape index (κ2) is 4.05. The second-order valence-corrected chi connectivity index (χ2v) is 2.13.